The van der Waals surface area contributed by atoms with E-state index in [4.69, 9.17) is 4.74 Å². The lowest BCUT2D eigenvalue weighted by atomic mass is 9.98. The van der Waals surface area contributed by atoms with Gasteiger partial charge in [0.1, 0.15) is 12.4 Å². The van der Waals surface area contributed by atoms with Crippen molar-refractivity contribution in [1.29, 1.82) is 0 Å². The lowest BCUT2D eigenvalue weighted by molar-refractivity contribution is 0.0978. The number of nitrogens with zero attached hydrogens (tertiary/aromatic N) is 1. The van der Waals surface area contributed by atoms with Crippen LogP contribution in [-0.2, 0) is 6.42 Å². The fourth-order valence-corrected chi connectivity index (χ4v) is 3.11. The van der Waals surface area contributed by atoms with Crippen LogP contribution in [0.15, 0.2) is 48.5 Å². The number of Topliss-reactive ketones (excluding diaryl/α,β-unsaturated/α-hetero) is 1. The first-order chi connectivity index (χ1) is 13.0. The lowest BCUT2D eigenvalue weighted by Crippen LogP contribution is -2.28. The van der Waals surface area contributed by atoms with Crippen molar-refractivity contribution >= 4 is 5.78 Å². The second kappa shape index (κ2) is 10.9. The summed E-state index contributed by atoms with van der Waals surface area (Å²) in [6, 6.07) is 16.2. The number of para-hydroxylation sites is 1. The van der Waals surface area contributed by atoms with Gasteiger partial charge >= 0.3 is 0 Å². The van der Waals surface area contributed by atoms with Crippen molar-refractivity contribution in [2.24, 2.45) is 0 Å². The third kappa shape index (κ3) is 6.51. The molecule has 0 bridgehead atoms. The van der Waals surface area contributed by atoms with Crippen molar-refractivity contribution in [3.05, 3.63) is 65.2 Å². The van der Waals surface area contributed by atoms with E-state index in [2.05, 4.69) is 56.9 Å². The van der Waals surface area contributed by atoms with Crippen LogP contribution in [-0.4, -0.2) is 36.9 Å². The van der Waals surface area contributed by atoms with E-state index in [-0.39, 0.29) is 5.78 Å². The van der Waals surface area contributed by atoms with Crippen molar-refractivity contribution in [2.75, 3.05) is 26.2 Å². The Balaban J connectivity index is 1.93. The first-order valence-corrected chi connectivity index (χ1v) is 10.1. The Morgan fingerprint density at radius 1 is 1.00 bits per heavy atom. The Morgan fingerprint density at radius 3 is 2.30 bits per heavy atom. The first kappa shape index (κ1) is 21.2. The number of carbonyl (C=O) groups excluding carboxylic acids is 1. The highest BCUT2D eigenvalue weighted by molar-refractivity contribution is 5.98. The largest absolute Gasteiger partial charge is 0.491 e. The molecule has 3 heteroatoms. The summed E-state index contributed by atoms with van der Waals surface area (Å²) in [6.07, 6.45) is 1.25. The summed E-state index contributed by atoms with van der Waals surface area (Å²) < 4.78 is 5.92. The van der Waals surface area contributed by atoms with E-state index >= 15 is 0 Å². The van der Waals surface area contributed by atoms with Gasteiger partial charge in [-0.05, 0) is 48.7 Å². The number of carbonyl (C=O) groups is 1. The third-order valence-corrected chi connectivity index (χ3v) is 5.03. The molecule has 27 heavy (non-hydrogen) atoms. The molecule has 0 heterocycles. The Hall–Kier alpha value is -2.13. The Kier molecular flexibility index (Phi) is 8.53. The maximum atomic E-state index is 12.7. The molecular formula is C24H33NO2. The van der Waals surface area contributed by atoms with Gasteiger partial charge in [-0.3, -0.25) is 4.79 Å². The van der Waals surface area contributed by atoms with Crippen molar-refractivity contribution < 1.29 is 9.53 Å². The molecule has 0 saturated heterocycles. The summed E-state index contributed by atoms with van der Waals surface area (Å²) in [5.74, 6) is 1.37. The molecule has 0 amide bonds. The van der Waals surface area contributed by atoms with Gasteiger partial charge in [0.15, 0.2) is 5.78 Å². The highest BCUT2D eigenvalue weighted by Crippen LogP contribution is 2.21. The average Bonchev–Trinajstić information content (AvgIpc) is 2.70. The SMILES string of the molecule is CCN(CC)CCOc1ccccc1C(=O)CCc1ccc(C(C)C)cc1. The third-order valence-electron chi connectivity index (χ3n) is 5.03. The Morgan fingerprint density at radius 2 is 1.67 bits per heavy atom. The first-order valence-electron chi connectivity index (χ1n) is 10.1. The molecule has 0 radical (unpaired) electrons. The van der Waals surface area contributed by atoms with Gasteiger partial charge in [0.2, 0.25) is 0 Å². The fraction of sp³-hybridized carbons (Fsp3) is 0.458. The van der Waals surface area contributed by atoms with E-state index in [0.29, 0.717) is 30.3 Å². The summed E-state index contributed by atoms with van der Waals surface area (Å²) >= 11 is 0. The standard InChI is InChI=1S/C24H33NO2/c1-5-25(6-2)17-18-27-24-10-8-7-9-22(24)23(26)16-13-20-11-14-21(15-12-20)19(3)4/h7-12,14-15,19H,5-6,13,16-18H2,1-4H3. The zero-order chi connectivity index (χ0) is 19.6. The zero-order valence-corrected chi connectivity index (χ0v) is 17.2. The fourth-order valence-electron chi connectivity index (χ4n) is 3.11. The predicted octanol–water partition coefficient (Wildman–Crippen LogP) is 5.35. The smallest absolute Gasteiger partial charge is 0.166 e. The topological polar surface area (TPSA) is 29.5 Å². The molecule has 0 saturated carbocycles. The minimum absolute atomic E-state index is 0.140. The molecule has 2 aromatic rings. The van der Waals surface area contributed by atoms with E-state index < -0.39 is 0 Å². The van der Waals surface area contributed by atoms with E-state index in [9.17, 15) is 4.79 Å². The van der Waals surface area contributed by atoms with Crippen LogP contribution < -0.4 is 4.74 Å². The highest BCUT2D eigenvalue weighted by Gasteiger charge is 2.13. The number of ketones is 1. The molecule has 0 atom stereocenters. The van der Waals surface area contributed by atoms with E-state index in [1.54, 1.807) is 0 Å². The lowest BCUT2D eigenvalue weighted by Gasteiger charge is -2.18. The second-order valence-corrected chi connectivity index (χ2v) is 7.19. The van der Waals surface area contributed by atoms with Crippen LogP contribution in [0.1, 0.15) is 61.5 Å². The number of benzene rings is 2. The van der Waals surface area contributed by atoms with Crippen molar-refractivity contribution in [2.45, 2.75) is 46.5 Å². The van der Waals surface area contributed by atoms with Gasteiger partial charge in [0, 0.05) is 13.0 Å². The maximum absolute atomic E-state index is 12.7. The number of likely N-dealkylation sites (N-methyl/N-ethyl adjacent to an activating group) is 1. The molecule has 0 N–H and O–H groups in total. The van der Waals surface area contributed by atoms with E-state index in [1.807, 2.05) is 24.3 Å². The number of aryl methyl sites for hydroxylation is 1. The minimum Gasteiger partial charge on any atom is -0.491 e. The van der Waals surface area contributed by atoms with Crippen molar-refractivity contribution in [3.63, 3.8) is 0 Å². The molecule has 0 unspecified atom stereocenters. The van der Waals surface area contributed by atoms with Crippen molar-refractivity contribution in [3.8, 4) is 5.75 Å². The molecule has 0 fully saturated rings. The van der Waals surface area contributed by atoms with Gasteiger partial charge in [0.05, 0.1) is 5.56 Å². The number of hydrogen-bond donors (Lipinski definition) is 0. The average molecular weight is 368 g/mol. The van der Waals surface area contributed by atoms with Crippen LogP contribution in [0.4, 0.5) is 0 Å². The molecule has 0 aliphatic rings. The van der Waals surface area contributed by atoms with Crippen LogP contribution in [0.25, 0.3) is 0 Å². The molecule has 2 aromatic carbocycles. The quantitative estimate of drug-likeness (QED) is 0.502. The van der Waals surface area contributed by atoms with Gasteiger partial charge < -0.3 is 9.64 Å². The highest BCUT2D eigenvalue weighted by atomic mass is 16.5. The van der Waals surface area contributed by atoms with Crippen LogP contribution in [0.2, 0.25) is 0 Å². The van der Waals surface area contributed by atoms with Gasteiger partial charge in [0.25, 0.3) is 0 Å². The number of rotatable bonds is 11. The van der Waals surface area contributed by atoms with Gasteiger partial charge in [-0.1, -0.05) is 64.1 Å². The summed E-state index contributed by atoms with van der Waals surface area (Å²) in [4.78, 5) is 15.0. The minimum atomic E-state index is 0.140. The van der Waals surface area contributed by atoms with Gasteiger partial charge in [-0.15, -0.1) is 0 Å². The van der Waals surface area contributed by atoms with Crippen molar-refractivity contribution in [1.82, 2.24) is 4.90 Å². The number of hydrogen-bond acceptors (Lipinski definition) is 3. The van der Waals surface area contributed by atoms with Crippen LogP contribution >= 0.6 is 0 Å². The summed E-state index contributed by atoms with van der Waals surface area (Å²) in [6.45, 7) is 12.2. The molecule has 0 aromatic heterocycles. The maximum Gasteiger partial charge on any atom is 0.166 e. The molecule has 0 aliphatic heterocycles. The van der Waals surface area contributed by atoms with Crippen LogP contribution in [0, 0.1) is 0 Å². The molecule has 0 aliphatic carbocycles. The summed E-state index contributed by atoms with van der Waals surface area (Å²) in [5, 5.41) is 0. The summed E-state index contributed by atoms with van der Waals surface area (Å²) in [7, 11) is 0. The zero-order valence-electron chi connectivity index (χ0n) is 17.2. The van der Waals surface area contributed by atoms with Crippen LogP contribution in [0.5, 0.6) is 5.75 Å². The molecular weight excluding hydrogens is 334 g/mol. The Labute approximate surface area is 164 Å². The molecule has 2 rings (SSSR count). The monoisotopic (exact) mass is 367 g/mol. The molecule has 146 valence electrons. The van der Waals surface area contributed by atoms with Crippen LogP contribution in [0.3, 0.4) is 0 Å². The van der Waals surface area contributed by atoms with Gasteiger partial charge in [-0.2, -0.15) is 0 Å². The predicted molar refractivity (Wildman–Crippen MR) is 113 cm³/mol. The van der Waals surface area contributed by atoms with E-state index in [1.165, 1.54) is 11.1 Å². The molecule has 3 nitrogen and oxygen atoms in total. The van der Waals surface area contributed by atoms with E-state index in [0.717, 1.165) is 26.1 Å². The second-order valence-electron chi connectivity index (χ2n) is 7.19. The summed E-state index contributed by atoms with van der Waals surface area (Å²) in [5.41, 5.74) is 3.22. The Bertz CT molecular complexity index is 703. The molecule has 0 spiro atoms. The number of ether oxygens (including phenoxy) is 1. The van der Waals surface area contributed by atoms with Gasteiger partial charge in [-0.25, -0.2) is 0 Å². The normalized spacial score (nSPS) is 11.2.